The standard InChI is InChI=1S/C9H6FNO2/c10-6-1-2-7-5(3-4-13-7)8(6)9(11)12/h1-4H,(H2,11,12). The van der Waals surface area contributed by atoms with Gasteiger partial charge in [-0.2, -0.15) is 0 Å². The first-order valence-corrected chi connectivity index (χ1v) is 3.65. The van der Waals surface area contributed by atoms with Crippen molar-refractivity contribution in [1.82, 2.24) is 0 Å². The molecule has 1 amide bonds. The summed E-state index contributed by atoms with van der Waals surface area (Å²) >= 11 is 0. The predicted molar refractivity (Wildman–Crippen MR) is 44.7 cm³/mol. The van der Waals surface area contributed by atoms with Gasteiger partial charge in [-0.1, -0.05) is 0 Å². The molecule has 0 saturated carbocycles. The molecule has 0 aliphatic rings. The minimum Gasteiger partial charge on any atom is -0.464 e. The van der Waals surface area contributed by atoms with Gasteiger partial charge in [-0.3, -0.25) is 4.79 Å². The number of rotatable bonds is 1. The Morgan fingerprint density at radius 1 is 1.38 bits per heavy atom. The third-order valence-corrected chi connectivity index (χ3v) is 1.83. The van der Waals surface area contributed by atoms with Crippen LogP contribution < -0.4 is 5.73 Å². The number of furan rings is 1. The molecule has 2 rings (SSSR count). The zero-order valence-electron chi connectivity index (χ0n) is 6.58. The van der Waals surface area contributed by atoms with E-state index in [1.807, 2.05) is 0 Å². The monoisotopic (exact) mass is 179 g/mol. The van der Waals surface area contributed by atoms with E-state index in [0.717, 1.165) is 6.07 Å². The lowest BCUT2D eigenvalue weighted by Gasteiger charge is -1.98. The molecule has 0 spiro atoms. The van der Waals surface area contributed by atoms with E-state index in [-0.39, 0.29) is 5.56 Å². The van der Waals surface area contributed by atoms with Crippen LogP contribution >= 0.6 is 0 Å². The number of amides is 1. The number of primary amides is 1. The highest BCUT2D eigenvalue weighted by Crippen LogP contribution is 2.21. The smallest absolute Gasteiger partial charge is 0.252 e. The number of halogens is 1. The Hall–Kier alpha value is -1.84. The van der Waals surface area contributed by atoms with Crippen molar-refractivity contribution in [3.05, 3.63) is 35.8 Å². The van der Waals surface area contributed by atoms with Crippen LogP contribution in [0.15, 0.2) is 28.9 Å². The first-order valence-electron chi connectivity index (χ1n) is 3.65. The van der Waals surface area contributed by atoms with Gasteiger partial charge in [0.2, 0.25) is 0 Å². The molecule has 1 heterocycles. The van der Waals surface area contributed by atoms with Crippen molar-refractivity contribution in [2.75, 3.05) is 0 Å². The van der Waals surface area contributed by atoms with Crippen molar-refractivity contribution in [1.29, 1.82) is 0 Å². The van der Waals surface area contributed by atoms with Gasteiger partial charge in [-0.05, 0) is 18.2 Å². The van der Waals surface area contributed by atoms with Crippen LogP contribution in [0.5, 0.6) is 0 Å². The van der Waals surface area contributed by atoms with E-state index < -0.39 is 11.7 Å². The summed E-state index contributed by atoms with van der Waals surface area (Å²) in [4.78, 5) is 10.9. The highest BCUT2D eigenvalue weighted by molar-refractivity contribution is 6.05. The molecule has 3 nitrogen and oxygen atoms in total. The van der Waals surface area contributed by atoms with Gasteiger partial charge < -0.3 is 10.2 Å². The average Bonchev–Trinajstić information content (AvgIpc) is 2.50. The number of carbonyl (C=O) groups excluding carboxylic acids is 1. The minimum absolute atomic E-state index is 0.119. The number of hydrogen-bond donors (Lipinski definition) is 1. The van der Waals surface area contributed by atoms with Crippen molar-refractivity contribution in [3.8, 4) is 0 Å². The van der Waals surface area contributed by atoms with Gasteiger partial charge in [-0.15, -0.1) is 0 Å². The van der Waals surface area contributed by atoms with Gasteiger partial charge in [0.1, 0.15) is 11.4 Å². The van der Waals surface area contributed by atoms with Gasteiger partial charge in [0.15, 0.2) is 0 Å². The molecule has 1 aromatic heterocycles. The summed E-state index contributed by atoms with van der Waals surface area (Å²) in [6.07, 6.45) is 1.39. The van der Waals surface area contributed by atoms with Gasteiger partial charge in [0.25, 0.3) is 5.91 Å². The Morgan fingerprint density at radius 3 is 2.85 bits per heavy atom. The van der Waals surface area contributed by atoms with Crippen LogP contribution in [0.2, 0.25) is 0 Å². The predicted octanol–water partition coefficient (Wildman–Crippen LogP) is 1.67. The third kappa shape index (κ3) is 1.07. The molecular formula is C9H6FNO2. The zero-order valence-corrected chi connectivity index (χ0v) is 6.58. The molecule has 0 unspecified atom stereocenters. The molecule has 0 saturated heterocycles. The number of hydrogen-bond acceptors (Lipinski definition) is 2. The Bertz CT molecular complexity index is 475. The maximum absolute atomic E-state index is 13.1. The molecular weight excluding hydrogens is 173 g/mol. The summed E-state index contributed by atoms with van der Waals surface area (Å²) in [6, 6.07) is 4.13. The molecule has 0 fully saturated rings. The Labute approximate surface area is 72.9 Å². The van der Waals surface area contributed by atoms with Crippen molar-refractivity contribution in [3.63, 3.8) is 0 Å². The summed E-state index contributed by atoms with van der Waals surface area (Å²) in [5.74, 6) is -1.41. The van der Waals surface area contributed by atoms with Gasteiger partial charge in [0.05, 0.1) is 11.8 Å². The van der Waals surface area contributed by atoms with Crippen molar-refractivity contribution in [2.45, 2.75) is 0 Å². The first-order chi connectivity index (χ1) is 6.20. The molecule has 13 heavy (non-hydrogen) atoms. The average molecular weight is 179 g/mol. The summed E-state index contributed by atoms with van der Waals surface area (Å²) < 4.78 is 18.1. The lowest BCUT2D eigenvalue weighted by Crippen LogP contribution is -2.13. The summed E-state index contributed by atoms with van der Waals surface area (Å²) in [5.41, 5.74) is 5.35. The fourth-order valence-corrected chi connectivity index (χ4v) is 1.27. The minimum atomic E-state index is -0.787. The zero-order chi connectivity index (χ0) is 9.42. The van der Waals surface area contributed by atoms with Crippen molar-refractivity contribution in [2.24, 2.45) is 5.73 Å². The molecule has 0 aliphatic heterocycles. The number of carbonyl (C=O) groups is 1. The van der Waals surface area contributed by atoms with E-state index in [2.05, 4.69) is 0 Å². The fraction of sp³-hybridized carbons (Fsp3) is 0. The Kier molecular flexibility index (Phi) is 1.55. The van der Waals surface area contributed by atoms with Crippen LogP contribution in [0.3, 0.4) is 0 Å². The molecule has 1 aromatic carbocycles. The van der Waals surface area contributed by atoms with Crippen LogP contribution in [0.25, 0.3) is 11.0 Å². The SMILES string of the molecule is NC(=O)c1c(F)ccc2occc12. The van der Waals surface area contributed by atoms with Crippen molar-refractivity contribution < 1.29 is 13.6 Å². The van der Waals surface area contributed by atoms with Crippen LogP contribution in [0.4, 0.5) is 4.39 Å². The second-order valence-electron chi connectivity index (χ2n) is 2.62. The number of fused-ring (bicyclic) bond motifs is 1. The molecule has 0 radical (unpaired) electrons. The van der Waals surface area contributed by atoms with E-state index in [0.29, 0.717) is 11.0 Å². The lowest BCUT2D eigenvalue weighted by molar-refractivity contribution is 0.0998. The van der Waals surface area contributed by atoms with E-state index in [1.54, 1.807) is 0 Å². The largest absolute Gasteiger partial charge is 0.464 e. The molecule has 2 aromatic rings. The second kappa shape index (κ2) is 2.58. The van der Waals surface area contributed by atoms with E-state index >= 15 is 0 Å². The molecule has 4 heteroatoms. The maximum Gasteiger partial charge on any atom is 0.252 e. The number of nitrogens with two attached hydrogens (primary N) is 1. The molecule has 2 N–H and O–H groups in total. The highest BCUT2D eigenvalue weighted by Gasteiger charge is 2.13. The van der Waals surface area contributed by atoms with Crippen LogP contribution in [0, 0.1) is 5.82 Å². The van der Waals surface area contributed by atoms with Crippen molar-refractivity contribution >= 4 is 16.9 Å². The molecule has 0 bridgehead atoms. The maximum atomic E-state index is 13.1. The summed E-state index contributed by atoms with van der Waals surface area (Å²) in [6.45, 7) is 0. The Morgan fingerprint density at radius 2 is 2.15 bits per heavy atom. The van der Waals surface area contributed by atoms with Crippen LogP contribution in [-0.4, -0.2) is 5.91 Å². The summed E-state index contributed by atoms with van der Waals surface area (Å²) in [5, 5.41) is 0.410. The molecule has 0 aliphatic carbocycles. The molecule has 0 atom stereocenters. The normalized spacial score (nSPS) is 10.5. The number of benzene rings is 1. The summed E-state index contributed by atoms with van der Waals surface area (Å²) in [7, 11) is 0. The van der Waals surface area contributed by atoms with E-state index in [9.17, 15) is 9.18 Å². The second-order valence-corrected chi connectivity index (χ2v) is 2.62. The lowest BCUT2D eigenvalue weighted by atomic mass is 10.1. The van der Waals surface area contributed by atoms with Gasteiger partial charge in [0, 0.05) is 5.39 Å². The highest BCUT2D eigenvalue weighted by atomic mass is 19.1. The Balaban J connectivity index is 2.88. The fourth-order valence-electron chi connectivity index (χ4n) is 1.27. The van der Waals surface area contributed by atoms with Gasteiger partial charge in [-0.25, -0.2) is 4.39 Å². The van der Waals surface area contributed by atoms with Gasteiger partial charge >= 0.3 is 0 Å². The quantitative estimate of drug-likeness (QED) is 0.723. The third-order valence-electron chi connectivity index (χ3n) is 1.83. The van der Waals surface area contributed by atoms with E-state index in [4.69, 9.17) is 10.2 Å². The van der Waals surface area contributed by atoms with E-state index in [1.165, 1.54) is 18.4 Å². The molecule has 66 valence electrons. The van der Waals surface area contributed by atoms with Crippen LogP contribution in [0.1, 0.15) is 10.4 Å². The van der Waals surface area contributed by atoms with Crippen LogP contribution in [-0.2, 0) is 0 Å². The first kappa shape index (κ1) is 7.79. The topological polar surface area (TPSA) is 56.2 Å².